The highest BCUT2D eigenvalue weighted by atomic mass is 32.1. The van der Waals surface area contributed by atoms with Gasteiger partial charge in [-0.2, -0.15) is 12.6 Å². The van der Waals surface area contributed by atoms with Gasteiger partial charge in [-0.1, -0.05) is 39.5 Å². The normalized spacial score (nSPS) is 11.6. The van der Waals surface area contributed by atoms with Gasteiger partial charge in [0.15, 0.2) is 0 Å². The number of carboxylic acid groups (broad SMARTS) is 1. The van der Waals surface area contributed by atoms with Gasteiger partial charge in [-0.05, 0) is 12.8 Å². The summed E-state index contributed by atoms with van der Waals surface area (Å²) in [5.41, 5.74) is 0. The van der Waals surface area contributed by atoms with E-state index in [-0.39, 0.29) is 11.2 Å². The predicted molar refractivity (Wildman–Crippen MR) is 63.0 cm³/mol. The van der Waals surface area contributed by atoms with Gasteiger partial charge in [0.2, 0.25) is 0 Å². The molecule has 2 nitrogen and oxygen atoms in total. The molecule has 0 spiro atoms. The highest BCUT2D eigenvalue weighted by Crippen LogP contribution is 2.31. The smallest absolute Gasteiger partial charge is 0.304 e. The minimum Gasteiger partial charge on any atom is -0.481 e. The van der Waals surface area contributed by atoms with E-state index in [9.17, 15) is 4.79 Å². The largest absolute Gasteiger partial charge is 0.481 e. The van der Waals surface area contributed by atoms with Crippen molar-refractivity contribution in [3.8, 4) is 0 Å². The Morgan fingerprint density at radius 2 is 1.64 bits per heavy atom. The number of hydrogen-bond acceptors (Lipinski definition) is 2. The van der Waals surface area contributed by atoms with Crippen molar-refractivity contribution in [1.29, 1.82) is 0 Å². The zero-order valence-electron chi connectivity index (χ0n) is 9.25. The fraction of sp³-hybridized carbons (Fsp3) is 0.909. The Hall–Kier alpha value is -0.180. The van der Waals surface area contributed by atoms with Gasteiger partial charge in [-0.15, -0.1) is 0 Å². The summed E-state index contributed by atoms with van der Waals surface area (Å²) < 4.78 is -0.280. The van der Waals surface area contributed by atoms with Crippen LogP contribution < -0.4 is 0 Å². The number of aliphatic carboxylic acids is 1. The second-order valence-corrected chi connectivity index (χ2v) is 4.95. The molecule has 0 bridgehead atoms. The molecule has 0 aliphatic rings. The van der Waals surface area contributed by atoms with Crippen LogP contribution in [0.3, 0.4) is 0 Å². The van der Waals surface area contributed by atoms with E-state index in [1.165, 1.54) is 0 Å². The standard InChI is InChI=1S/C11H22O2S/c1-3-5-7-11(14,8-6-4-2)9-10(12)13/h14H,3-9H2,1-2H3,(H,12,13). The molecule has 1 N–H and O–H groups in total. The first kappa shape index (κ1) is 13.8. The third kappa shape index (κ3) is 6.30. The summed E-state index contributed by atoms with van der Waals surface area (Å²) in [5.74, 6) is -0.729. The summed E-state index contributed by atoms with van der Waals surface area (Å²) in [6.07, 6.45) is 6.37. The minimum atomic E-state index is -0.729. The van der Waals surface area contributed by atoms with Crippen molar-refractivity contribution in [2.75, 3.05) is 0 Å². The third-order valence-corrected chi connectivity index (χ3v) is 3.08. The van der Waals surface area contributed by atoms with E-state index in [0.29, 0.717) is 0 Å². The Labute approximate surface area is 92.5 Å². The number of hydrogen-bond donors (Lipinski definition) is 2. The van der Waals surface area contributed by atoms with Crippen molar-refractivity contribution < 1.29 is 9.90 Å². The second-order valence-electron chi connectivity index (χ2n) is 4.00. The van der Waals surface area contributed by atoms with E-state index in [4.69, 9.17) is 5.11 Å². The lowest BCUT2D eigenvalue weighted by molar-refractivity contribution is -0.137. The van der Waals surface area contributed by atoms with Crippen molar-refractivity contribution in [2.45, 2.75) is 63.5 Å². The molecule has 0 amide bonds. The molecule has 0 unspecified atom stereocenters. The molecular weight excluding hydrogens is 196 g/mol. The summed E-state index contributed by atoms with van der Waals surface area (Å²) in [4.78, 5) is 10.7. The molecule has 0 aromatic heterocycles. The van der Waals surface area contributed by atoms with Crippen molar-refractivity contribution in [3.05, 3.63) is 0 Å². The Morgan fingerprint density at radius 1 is 1.21 bits per heavy atom. The van der Waals surface area contributed by atoms with Crippen LogP contribution in [0, 0.1) is 0 Å². The maximum atomic E-state index is 10.7. The van der Waals surface area contributed by atoms with Gasteiger partial charge in [-0.3, -0.25) is 4.79 Å². The monoisotopic (exact) mass is 218 g/mol. The summed E-state index contributed by atoms with van der Waals surface area (Å²) in [5, 5.41) is 8.80. The van der Waals surface area contributed by atoms with Gasteiger partial charge < -0.3 is 5.11 Å². The molecule has 84 valence electrons. The van der Waals surface area contributed by atoms with Crippen LogP contribution in [0.25, 0.3) is 0 Å². The van der Waals surface area contributed by atoms with Gasteiger partial charge in [0.25, 0.3) is 0 Å². The molecule has 0 aliphatic carbocycles. The SMILES string of the molecule is CCCCC(S)(CCCC)CC(=O)O. The van der Waals surface area contributed by atoms with Gasteiger partial charge in [-0.25, -0.2) is 0 Å². The fourth-order valence-electron chi connectivity index (χ4n) is 1.59. The topological polar surface area (TPSA) is 37.3 Å². The van der Waals surface area contributed by atoms with E-state index in [1.807, 2.05) is 0 Å². The molecule has 0 rings (SSSR count). The van der Waals surface area contributed by atoms with Gasteiger partial charge in [0.1, 0.15) is 0 Å². The molecule has 0 fully saturated rings. The maximum absolute atomic E-state index is 10.7. The van der Waals surface area contributed by atoms with Crippen molar-refractivity contribution in [1.82, 2.24) is 0 Å². The minimum absolute atomic E-state index is 0.191. The molecule has 14 heavy (non-hydrogen) atoms. The molecule has 0 aromatic rings. The average molecular weight is 218 g/mol. The molecule has 0 radical (unpaired) electrons. The number of unbranched alkanes of at least 4 members (excludes halogenated alkanes) is 2. The quantitative estimate of drug-likeness (QED) is 0.612. The van der Waals surface area contributed by atoms with Crippen molar-refractivity contribution >= 4 is 18.6 Å². The van der Waals surface area contributed by atoms with Crippen LogP contribution in [-0.4, -0.2) is 15.8 Å². The van der Waals surface area contributed by atoms with Gasteiger partial charge >= 0.3 is 5.97 Å². The molecule has 0 atom stereocenters. The zero-order valence-corrected chi connectivity index (χ0v) is 10.1. The van der Waals surface area contributed by atoms with Crippen LogP contribution in [0.5, 0.6) is 0 Å². The Morgan fingerprint density at radius 3 is 1.93 bits per heavy atom. The third-order valence-electron chi connectivity index (χ3n) is 2.47. The first-order valence-electron chi connectivity index (χ1n) is 5.48. The van der Waals surface area contributed by atoms with E-state index >= 15 is 0 Å². The maximum Gasteiger partial charge on any atom is 0.304 e. The van der Waals surface area contributed by atoms with Crippen molar-refractivity contribution in [3.63, 3.8) is 0 Å². The summed E-state index contributed by atoms with van der Waals surface area (Å²) in [7, 11) is 0. The zero-order chi connectivity index (χ0) is 11.0. The number of carboxylic acids is 1. The number of carbonyl (C=O) groups is 1. The van der Waals surface area contributed by atoms with Gasteiger partial charge in [0.05, 0.1) is 6.42 Å². The summed E-state index contributed by atoms with van der Waals surface area (Å²) in [6, 6.07) is 0. The van der Waals surface area contributed by atoms with Gasteiger partial charge in [0, 0.05) is 4.75 Å². The first-order valence-corrected chi connectivity index (χ1v) is 5.93. The lowest BCUT2D eigenvalue weighted by Crippen LogP contribution is -2.25. The Kier molecular flexibility index (Phi) is 7.06. The van der Waals surface area contributed by atoms with Crippen LogP contribution >= 0.6 is 12.6 Å². The molecule has 0 heterocycles. The van der Waals surface area contributed by atoms with E-state index < -0.39 is 5.97 Å². The van der Waals surface area contributed by atoms with Crippen LogP contribution in [0.1, 0.15) is 58.8 Å². The molecular formula is C11H22O2S. The molecule has 0 aromatic carbocycles. The molecule has 3 heteroatoms. The number of rotatable bonds is 8. The average Bonchev–Trinajstić information content (AvgIpc) is 2.11. The fourth-order valence-corrected chi connectivity index (χ4v) is 2.05. The van der Waals surface area contributed by atoms with Crippen LogP contribution in [0.4, 0.5) is 0 Å². The molecule has 0 saturated heterocycles. The number of thiol groups is 1. The summed E-state index contributed by atoms with van der Waals surface area (Å²) in [6.45, 7) is 4.24. The van der Waals surface area contributed by atoms with E-state index in [2.05, 4.69) is 26.5 Å². The lowest BCUT2D eigenvalue weighted by Gasteiger charge is -2.26. The van der Waals surface area contributed by atoms with E-state index in [1.54, 1.807) is 0 Å². The summed E-state index contributed by atoms with van der Waals surface area (Å²) >= 11 is 4.55. The Bertz CT molecular complexity index is 161. The predicted octanol–water partition coefficient (Wildman–Crippen LogP) is 3.51. The van der Waals surface area contributed by atoms with Crippen molar-refractivity contribution in [2.24, 2.45) is 0 Å². The lowest BCUT2D eigenvalue weighted by atomic mass is 9.92. The second kappa shape index (κ2) is 7.16. The van der Waals surface area contributed by atoms with E-state index in [0.717, 1.165) is 38.5 Å². The first-order chi connectivity index (χ1) is 6.54. The van der Waals surface area contributed by atoms with Crippen LogP contribution in [0.15, 0.2) is 0 Å². The Balaban J connectivity index is 4.09. The van der Waals surface area contributed by atoms with Crippen LogP contribution in [0.2, 0.25) is 0 Å². The van der Waals surface area contributed by atoms with Crippen LogP contribution in [-0.2, 0) is 4.79 Å². The molecule has 0 aliphatic heterocycles. The highest BCUT2D eigenvalue weighted by Gasteiger charge is 2.27. The highest BCUT2D eigenvalue weighted by molar-refractivity contribution is 7.81. The molecule has 0 saturated carbocycles.